The standard InChI is InChI=1S/C11H14F3NO/c1-7(6-15)10(16)8-4-2-3-5-9(8)11(12,13)14/h2-5,7,10,16H,6,15H2,1H3. The third-order valence-corrected chi connectivity index (χ3v) is 2.50. The van der Waals surface area contributed by atoms with Crippen LogP contribution in [0.25, 0.3) is 0 Å². The van der Waals surface area contributed by atoms with Gasteiger partial charge in [0.05, 0.1) is 11.7 Å². The number of aliphatic hydroxyl groups excluding tert-OH is 1. The van der Waals surface area contributed by atoms with Crippen molar-refractivity contribution >= 4 is 0 Å². The van der Waals surface area contributed by atoms with Crippen LogP contribution in [0.2, 0.25) is 0 Å². The first kappa shape index (κ1) is 13.0. The van der Waals surface area contributed by atoms with Gasteiger partial charge in [-0.2, -0.15) is 13.2 Å². The Hall–Kier alpha value is -1.07. The van der Waals surface area contributed by atoms with Crippen molar-refractivity contribution in [2.75, 3.05) is 6.54 Å². The third-order valence-electron chi connectivity index (χ3n) is 2.50. The quantitative estimate of drug-likeness (QED) is 0.841. The van der Waals surface area contributed by atoms with E-state index in [1.54, 1.807) is 6.92 Å². The molecule has 0 fully saturated rings. The van der Waals surface area contributed by atoms with Gasteiger partial charge in [-0.15, -0.1) is 0 Å². The first-order valence-electron chi connectivity index (χ1n) is 4.92. The van der Waals surface area contributed by atoms with Crippen LogP contribution in [0.3, 0.4) is 0 Å². The molecule has 0 aliphatic heterocycles. The fourth-order valence-electron chi connectivity index (χ4n) is 1.45. The molecule has 2 unspecified atom stereocenters. The van der Waals surface area contributed by atoms with Gasteiger partial charge in [0.15, 0.2) is 0 Å². The van der Waals surface area contributed by atoms with E-state index in [0.29, 0.717) is 0 Å². The second-order valence-corrected chi connectivity index (χ2v) is 3.74. The summed E-state index contributed by atoms with van der Waals surface area (Å²) >= 11 is 0. The number of alkyl halides is 3. The molecular formula is C11H14F3NO. The minimum absolute atomic E-state index is 0.118. The van der Waals surface area contributed by atoms with E-state index in [4.69, 9.17) is 5.73 Å². The predicted octanol–water partition coefficient (Wildman–Crippen LogP) is 2.33. The predicted molar refractivity (Wildman–Crippen MR) is 54.6 cm³/mol. The van der Waals surface area contributed by atoms with Crippen molar-refractivity contribution in [3.63, 3.8) is 0 Å². The second-order valence-electron chi connectivity index (χ2n) is 3.74. The van der Waals surface area contributed by atoms with Crippen LogP contribution in [0.15, 0.2) is 24.3 Å². The average Bonchev–Trinajstić information content (AvgIpc) is 2.26. The zero-order valence-corrected chi connectivity index (χ0v) is 8.83. The van der Waals surface area contributed by atoms with E-state index in [2.05, 4.69) is 0 Å². The van der Waals surface area contributed by atoms with Crippen molar-refractivity contribution in [1.29, 1.82) is 0 Å². The molecule has 3 N–H and O–H groups in total. The minimum atomic E-state index is -4.45. The van der Waals surface area contributed by atoms with E-state index < -0.39 is 23.8 Å². The maximum atomic E-state index is 12.6. The lowest BCUT2D eigenvalue weighted by Crippen LogP contribution is -2.21. The van der Waals surface area contributed by atoms with Crippen molar-refractivity contribution in [3.8, 4) is 0 Å². The van der Waals surface area contributed by atoms with E-state index in [-0.39, 0.29) is 12.1 Å². The largest absolute Gasteiger partial charge is 0.416 e. The number of aliphatic hydroxyl groups is 1. The number of rotatable bonds is 3. The molecule has 0 heterocycles. The molecule has 5 heteroatoms. The van der Waals surface area contributed by atoms with E-state index in [9.17, 15) is 18.3 Å². The van der Waals surface area contributed by atoms with Crippen LogP contribution in [0.1, 0.15) is 24.2 Å². The van der Waals surface area contributed by atoms with Gasteiger partial charge in [-0.3, -0.25) is 0 Å². The topological polar surface area (TPSA) is 46.2 Å². The fourth-order valence-corrected chi connectivity index (χ4v) is 1.45. The maximum Gasteiger partial charge on any atom is 0.416 e. The Labute approximate surface area is 91.9 Å². The average molecular weight is 233 g/mol. The Bertz CT molecular complexity index is 351. The van der Waals surface area contributed by atoms with Gasteiger partial charge in [0, 0.05) is 0 Å². The summed E-state index contributed by atoms with van der Waals surface area (Å²) < 4.78 is 37.9. The SMILES string of the molecule is CC(CN)C(O)c1ccccc1C(F)(F)F. The van der Waals surface area contributed by atoms with Gasteiger partial charge in [0.1, 0.15) is 0 Å². The van der Waals surface area contributed by atoms with Gasteiger partial charge in [0.2, 0.25) is 0 Å². The monoisotopic (exact) mass is 233 g/mol. The summed E-state index contributed by atoms with van der Waals surface area (Å²) in [4.78, 5) is 0. The highest BCUT2D eigenvalue weighted by molar-refractivity contribution is 5.31. The van der Waals surface area contributed by atoms with Crippen LogP contribution >= 0.6 is 0 Å². The molecule has 1 aromatic rings. The number of hydrogen-bond donors (Lipinski definition) is 2. The van der Waals surface area contributed by atoms with Gasteiger partial charge in [-0.1, -0.05) is 25.1 Å². The Morgan fingerprint density at radius 2 is 1.88 bits per heavy atom. The third kappa shape index (κ3) is 2.74. The summed E-state index contributed by atoms with van der Waals surface area (Å²) in [5.41, 5.74) is 4.41. The Morgan fingerprint density at radius 1 is 1.31 bits per heavy atom. The zero-order valence-electron chi connectivity index (χ0n) is 8.83. The molecule has 16 heavy (non-hydrogen) atoms. The lowest BCUT2D eigenvalue weighted by atomic mass is 9.93. The number of nitrogens with two attached hydrogens (primary N) is 1. The first-order valence-corrected chi connectivity index (χ1v) is 4.92. The van der Waals surface area contributed by atoms with E-state index >= 15 is 0 Å². The van der Waals surface area contributed by atoms with Crippen molar-refractivity contribution in [3.05, 3.63) is 35.4 Å². The maximum absolute atomic E-state index is 12.6. The van der Waals surface area contributed by atoms with Crippen LogP contribution in [0.5, 0.6) is 0 Å². The highest BCUT2D eigenvalue weighted by atomic mass is 19.4. The van der Waals surface area contributed by atoms with Crippen LogP contribution < -0.4 is 5.73 Å². The molecule has 0 aromatic heterocycles. The molecule has 1 aromatic carbocycles. The molecule has 0 amide bonds. The lowest BCUT2D eigenvalue weighted by Gasteiger charge is -2.21. The van der Waals surface area contributed by atoms with Crippen LogP contribution in [-0.2, 0) is 6.18 Å². The highest BCUT2D eigenvalue weighted by Gasteiger charge is 2.35. The first-order chi connectivity index (χ1) is 7.38. The molecule has 2 atom stereocenters. The van der Waals surface area contributed by atoms with Crippen molar-refractivity contribution in [2.24, 2.45) is 11.7 Å². The molecule has 0 radical (unpaired) electrons. The number of halogens is 3. The van der Waals surface area contributed by atoms with Gasteiger partial charge in [-0.05, 0) is 24.1 Å². The summed E-state index contributed by atoms with van der Waals surface area (Å²) in [7, 11) is 0. The normalized spacial score (nSPS) is 15.9. The minimum Gasteiger partial charge on any atom is -0.388 e. The molecule has 0 saturated carbocycles. The van der Waals surface area contributed by atoms with Gasteiger partial charge in [0.25, 0.3) is 0 Å². The molecule has 0 saturated heterocycles. The molecule has 1 rings (SSSR count). The number of hydrogen-bond acceptors (Lipinski definition) is 2. The smallest absolute Gasteiger partial charge is 0.388 e. The van der Waals surface area contributed by atoms with Crippen LogP contribution in [-0.4, -0.2) is 11.7 Å². The van der Waals surface area contributed by atoms with Gasteiger partial charge < -0.3 is 10.8 Å². The molecule has 0 bridgehead atoms. The summed E-state index contributed by atoms with van der Waals surface area (Å²) in [6.07, 6.45) is -5.64. The zero-order chi connectivity index (χ0) is 12.3. The summed E-state index contributed by atoms with van der Waals surface area (Å²) in [5.74, 6) is -0.413. The van der Waals surface area contributed by atoms with Crippen molar-refractivity contribution in [2.45, 2.75) is 19.2 Å². The summed E-state index contributed by atoms with van der Waals surface area (Å²) in [6, 6.07) is 5.00. The van der Waals surface area contributed by atoms with E-state index in [0.717, 1.165) is 6.07 Å². The fraction of sp³-hybridized carbons (Fsp3) is 0.455. The van der Waals surface area contributed by atoms with Gasteiger partial charge >= 0.3 is 6.18 Å². The van der Waals surface area contributed by atoms with Gasteiger partial charge in [-0.25, -0.2) is 0 Å². The lowest BCUT2D eigenvalue weighted by molar-refractivity contribution is -0.139. The Balaban J connectivity index is 3.13. The van der Waals surface area contributed by atoms with Crippen molar-refractivity contribution in [1.82, 2.24) is 0 Å². The van der Waals surface area contributed by atoms with Crippen LogP contribution in [0.4, 0.5) is 13.2 Å². The van der Waals surface area contributed by atoms with Crippen LogP contribution in [0, 0.1) is 5.92 Å². The second kappa shape index (κ2) is 4.84. The Kier molecular flexibility index (Phi) is 3.93. The summed E-state index contributed by atoms with van der Waals surface area (Å²) in [5, 5.41) is 9.75. The number of benzene rings is 1. The van der Waals surface area contributed by atoms with E-state index in [1.165, 1.54) is 18.2 Å². The molecule has 2 nitrogen and oxygen atoms in total. The Morgan fingerprint density at radius 3 is 2.38 bits per heavy atom. The molecule has 0 aliphatic carbocycles. The highest BCUT2D eigenvalue weighted by Crippen LogP contribution is 2.36. The molecule has 0 spiro atoms. The molecule has 90 valence electrons. The van der Waals surface area contributed by atoms with E-state index in [1.807, 2.05) is 0 Å². The molecule has 0 aliphatic rings. The van der Waals surface area contributed by atoms with Crippen molar-refractivity contribution < 1.29 is 18.3 Å². The molecular weight excluding hydrogens is 219 g/mol. The summed E-state index contributed by atoms with van der Waals surface area (Å²) in [6.45, 7) is 1.74.